The monoisotopic (exact) mass is 422 g/mol. The first-order chi connectivity index (χ1) is 13.0. The molecule has 0 bridgehead atoms. The van der Waals surface area contributed by atoms with Crippen LogP contribution in [0.4, 0.5) is 4.39 Å². The highest BCUT2D eigenvalue weighted by molar-refractivity contribution is 8.14. The lowest BCUT2D eigenvalue weighted by molar-refractivity contribution is -0.126. The molecule has 1 saturated carbocycles. The van der Waals surface area contributed by atoms with Gasteiger partial charge in [-0.05, 0) is 37.0 Å². The van der Waals surface area contributed by atoms with Gasteiger partial charge in [-0.2, -0.15) is 0 Å². The van der Waals surface area contributed by atoms with Crippen LogP contribution >= 0.6 is 24.2 Å². The molecule has 4 nitrogen and oxygen atoms in total. The van der Waals surface area contributed by atoms with Gasteiger partial charge in [-0.25, -0.2) is 11.0 Å². The SMILES string of the molecule is Cl.[C-]#[N+]C/C=C1\CN(C(C(=O)C2CC2)c2ccccc2F)CCC1SC(C)=O. The molecule has 2 fully saturated rings. The molecule has 7 heteroatoms. The number of Topliss-reactive ketones (excluding diaryl/α,β-unsaturated/α-hetero) is 1. The van der Waals surface area contributed by atoms with Crippen LogP contribution in [0.3, 0.4) is 0 Å². The van der Waals surface area contributed by atoms with Crippen LogP contribution in [0.5, 0.6) is 0 Å². The van der Waals surface area contributed by atoms with E-state index in [1.807, 2.05) is 11.0 Å². The normalized spacial score (nSPS) is 22.2. The van der Waals surface area contributed by atoms with Gasteiger partial charge in [0.05, 0.1) is 6.04 Å². The summed E-state index contributed by atoms with van der Waals surface area (Å²) in [5.74, 6) is -0.250. The summed E-state index contributed by atoms with van der Waals surface area (Å²) < 4.78 is 14.5. The van der Waals surface area contributed by atoms with Crippen LogP contribution in [-0.2, 0) is 9.59 Å². The van der Waals surface area contributed by atoms with Gasteiger partial charge in [-0.3, -0.25) is 14.5 Å². The molecular formula is C21H24ClFN2O2S. The van der Waals surface area contributed by atoms with Crippen LogP contribution in [-0.4, -0.2) is 40.7 Å². The first-order valence-corrected chi connectivity index (χ1v) is 10.1. The lowest BCUT2D eigenvalue weighted by atomic mass is 9.93. The minimum absolute atomic E-state index is 0. The average Bonchev–Trinajstić information content (AvgIpc) is 3.48. The van der Waals surface area contributed by atoms with E-state index in [2.05, 4.69) is 4.85 Å². The van der Waals surface area contributed by atoms with E-state index in [1.54, 1.807) is 25.1 Å². The number of piperidine rings is 1. The molecule has 1 aromatic carbocycles. The van der Waals surface area contributed by atoms with E-state index in [4.69, 9.17) is 6.57 Å². The van der Waals surface area contributed by atoms with Gasteiger partial charge in [0.1, 0.15) is 5.82 Å². The fourth-order valence-corrected chi connectivity index (χ4v) is 4.56. The highest BCUT2D eigenvalue weighted by Crippen LogP contribution is 2.40. The van der Waals surface area contributed by atoms with Crippen LogP contribution < -0.4 is 0 Å². The molecule has 0 spiro atoms. The van der Waals surface area contributed by atoms with Gasteiger partial charge >= 0.3 is 0 Å². The van der Waals surface area contributed by atoms with Crippen LogP contribution in [0.15, 0.2) is 35.9 Å². The minimum Gasteiger partial charge on any atom is -0.312 e. The lowest BCUT2D eigenvalue weighted by Gasteiger charge is -2.38. The molecule has 0 amide bonds. The van der Waals surface area contributed by atoms with E-state index in [1.165, 1.54) is 17.8 Å². The number of carbonyl (C=O) groups is 2. The zero-order valence-corrected chi connectivity index (χ0v) is 17.4. The third-order valence-electron chi connectivity index (χ3n) is 5.04. The van der Waals surface area contributed by atoms with E-state index in [0.717, 1.165) is 18.4 Å². The Labute approximate surface area is 175 Å². The van der Waals surface area contributed by atoms with Crippen LogP contribution in [0.2, 0.25) is 0 Å². The number of nitrogens with zero attached hydrogens (tertiary/aromatic N) is 2. The Kier molecular flexibility index (Phi) is 8.23. The van der Waals surface area contributed by atoms with Crippen molar-refractivity contribution in [3.05, 3.63) is 58.7 Å². The Balaban J connectivity index is 0.00000280. The summed E-state index contributed by atoms with van der Waals surface area (Å²) in [5.41, 5.74) is 1.42. The fourth-order valence-electron chi connectivity index (χ4n) is 3.62. The predicted octanol–water partition coefficient (Wildman–Crippen LogP) is 4.47. The first-order valence-electron chi connectivity index (χ1n) is 9.22. The quantitative estimate of drug-likeness (QED) is 0.501. The summed E-state index contributed by atoms with van der Waals surface area (Å²) in [7, 11) is 0. The Morgan fingerprint density at radius 1 is 1.36 bits per heavy atom. The minimum atomic E-state index is -0.599. The summed E-state index contributed by atoms with van der Waals surface area (Å²) >= 11 is 1.28. The van der Waals surface area contributed by atoms with Crippen molar-refractivity contribution in [1.29, 1.82) is 0 Å². The van der Waals surface area contributed by atoms with Gasteiger partial charge in [0, 0.05) is 36.7 Å². The predicted molar refractivity (Wildman–Crippen MR) is 112 cm³/mol. The topological polar surface area (TPSA) is 41.7 Å². The largest absolute Gasteiger partial charge is 0.312 e. The standard InChI is InChI=1S/C21H23FN2O2S.ClH/c1-14(25)27-19-10-12-24(13-16(19)9-11-23-2)20(21(26)15-7-8-15)17-5-3-4-6-18(17)22;/h3-6,9,15,19-20H,7-8,10-13H2,1H3;1H/b16-9+;. The molecule has 1 aliphatic carbocycles. The Bertz CT molecular complexity index is 804. The van der Waals surface area contributed by atoms with Gasteiger partial charge in [0.15, 0.2) is 10.9 Å². The van der Waals surface area contributed by atoms with Crippen molar-refractivity contribution in [2.45, 2.75) is 37.5 Å². The number of ketones is 1. The molecule has 3 rings (SSSR count). The number of benzene rings is 1. The van der Waals surface area contributed by atoms with Gasteiger partial charge < -0.3 is 4.85 Å². The highest BCUT2D eigenvalue weighted by atomic mass is 35.5. The number of likely N-dealkylation sites (tertiary alicyclic amines) is 1. The molecule has 1 aromatic rings. The second-order valence-electron chi connectivity index (χ2n) is 7.08. The summed E-state index contributed by atoms with van der Waals surface area (Å²) in [4.78, 5) is 30.0. The van der Waals surface area contributed by atoms with Gasteiger partial charge in [-0.15, -0.1) is 12.4 Å². The highest BCUT2D eigenvalue weighted by Gasteiger charge is 2.41. The number of thioether (sulfide) groups is 1. The summed E-state index contributed by atoms with van der Waals surface area (Å²) in [6.07, 6.45) is 4.32. The second-order valence-corrected chi connectivity index (χ2v) is 8.46. The molecule has 28 heavy (non-hydrogen) atoms. The Morgan fingerprint density at radius 3 is 2.68 bits per heavy atom. The molecule has 1 saturated heterocycles. The van der Waals surface area contributed by atoms with Crippen molar-refractivity contribution in [2.75, 3.05) is 19.6 Å². The van der Waals surface area contributed by atoms with Crippen LogP contribution in [0, 0.1) is 18.3 Å². The number of hydrogen-bond donors (Lipinski definition) is 0. The van der Waals surface area contributed by atoms with Crippen molar-refractivity contribution < 1.29 is 14.0 Å². The second kappa shape index (κ2) is 10.2. The number of hydrogen-bond acceptors (Lipinski definition) is 4. The van der Waals surface area contributed by atoms with Crippen molar-refractivity contribution >= 4 is 35.1 Å². The molecule has 0 N–H and O–H groups in total. The number of halogens is 2. The smallest absolute Gasteiger partial charge is 0.233 e. The third-order valence-corrected chi connectivity index (χ3v) is 6.20. The van der Waals surface area contributed by atoms with E-state index >= 15 is 0 Å². The summed E-state index contributed by atoms with van der Waals surface area (Å²) in [6.45, 7) is 9.95. The molecular weight excluding hydrogens is 399 g/mol. The maximum atomic E-state index is 14.5. The van der Waals surface area contributed by atoms with Crippen molar-refractivity contribution in [1.82, 2.24) is 4.90 Å². The third kappa shape index (κ3) is 5.44. The van der Waals surface area contributed by atoms with Crippen LogP contribution in [0.25, 0.3) is 4.85 Å². The Morgan fingerprint density at radius 2 is 2.07 bits per heavy atom. The van der Waals surface area contributed by atoms with Crippen molar-refractivity contribution in [2.24, 2.45) is 5.92 Å². The van der Waals surface area contributed by atoms with E-state index in [9.17, 15) is 14.0 Å². The zero-order chi connectivity index (χ0) is 19.4. The van der Waals surface area contributed by atoms with E-state index < -0.39 is 6.04 Å². The van der Waals surface area contributed by atoms with Gasteiger partial charge in [0.25, 0.3) is 0 Å². The maximum Gasteiger partial charge on any atom is 0.233 e. The molecule has 0 radical (unpaired) electrons. The number of carbonyl (C=O) groups excluding carboxylic acids is 2. The Hall–Kier alpha value is -1.68. The average molecular weight is 423 g/mol. The van der Waals surface area contributed by atoms with Crippen LogP contribution in [0.1, 0.15) is 37.8 Å². The maximum absolute atomic E-state index is 14.5. The molecule has 2 unspecified atom stereocenters. The van der Waals surface area contributed by atoms with E-state index in [0.29, 0.717) is 25.1 Å². The van der Waals surface area contributed by atoms with Crippen molar-refractivity contribution in [3.8, 4) is 0 Å². The lowest BCUT2D eigenvalue weighted by Crippen LogP contribution is -2.43. The summed E-state index contributed by atoms with van der Waals surface area (Å²) in [5, 5.41) is 0.0691. The molecule has 0 aromatic heterocycles. The van der Waals surface area contributed by atoms with Gasteiger partial charge in [-0.1, -0.05) is 30.0 Å². The molecule has 2 aliphatic rings. The molecule has 1 aliphatic heterocycles. The molecule has 150 valence electrons. The first kappa shape index (κ1) is 22.6. The molecule has 1 heterocycles. The van der Waals surface area contributed by atoms with Gasteiger partial charge in [0.2, 0.25) is 6.54 Å². The fraction of sp³-hybridized carbons (Fsp3) is 0.476. The molecule has 2 atom stereocenters. The van der Waals surface area contributed by atoms with Crippen molar-refractivity contribution in [3.63, 3.8) is 0 Å². The zero-order valence-electron chi connectivity index (χ0n) is 15.8. The number of rotatable bonds is 6. The van der Waals surface area contributed by atoms with E-state index in [-0.39, 0.29) is 46.8 Å². The summed E-state index contributed by atoms with van der Waals surface area (Å²) in [6, 6.07) is 5.89.